The Bertz CT molecular complexity index is 434. The van der Waals surface area contributed by atoms with Gasteiger partial charge in [0.2, 0.25) is 0 Å². The van der Waals surface area contributed by atoms with Crippen molar-refractivity contribution in [1.29, 1.82) is 0 Å². The van der Waals surface area contributed by atoms with E-state index in [-0.39, 0.29) is 18.5 Å². The lowest BCUT2D eigenvalue weighted by atomic mass is 10.1. The number of ether oxygens (including phenoxy) is 1. The largest absolute Gasteiger partial charge is 0.497 e. The molecule has 0 aliphatic rings. The van der Waals surface area contributed by atoms with Crippen molar-refractivity contribution in [2.24, 2.45) is 0 Å². The molecule has 0 saturated carbocycles. The Balaban J connectivity index is 2.89. The molecule has 0 aliphatic heterocycles. The molecular formula is C14H18O3S. The SMILES string of the molecule is COc1ccc(C#CCO)c(CSC(C)CO)c1. The Morgan fingerprint density at radius 3 is 2.78 bits per heavy atom. The second kappa shape index (κ2) is 8.04. The molecule has 3 nitrogen and oxygen atoms in total. The molecule has 98 valence electrons. The van der Waals surface area contributed by atoms with Crippen molar-refractivity contribution in [2.75, 3.05) is 20.3 Å². The van der Waals surface area contributed by atoms with E-state index in [1.165, 1.54) is 0 Å². The van der Waals surface area contributed by atoms with Gasteiger partial charge in [0, 0.05) is 16.6 Å². The molecule has 0 spiro atoms. The molecule has 0 heterocycles. The Hall–Kier alpha value is -1.15. The van der Waals surface area contributed by atoms with Crippen molar-refractivity contribution in [2.45, 2.75) is 17.9 Å². The lowest BCUT2D eigenvalue weighted by Crippen LogP contribution is -2.03. The first kappa shape index (κ1) is 14.9. The first-order chi connectivity index (χ1) is 8.71. The number of hydrogen-bond donors (Lipinski definition) is 2. The summed E-state index contributed by atoms with van der Waals surface area (Å²) in [5, 5.41) is 17.9. The Labute approximate surface area is 112 Å². The van der Waals surface area contributed by atoms with Gasteiger partial charge in [-0.15, -0.1) is 0 Å². The van der Waals surface area contributed by atoms with E-state index in [1.54, 1.807) is 18.9 Å². The van der Waals surface area contributed by atoms with Crippen molar-refractivity contribution in [3.63, 3.8) is 0 Å². The molecule has 0 radical (unpaired) electrons. The molecule has 1 aromatic rings. The zero-order chi connectivity index (χ0) is 13.4. The molecule has 0 aromatic heterocycles. The molecule has 1 rings (SSSR count). The molecule has 0 bridgehead atoms. The van der Waals surface area contributed by atoms with Crippen molar-refractivity contribution in [3.8, 4) is 17.6 Å². The van der Waals surface area contributed by atoms with Gasteiger partial charge in [0.15, 0.2) is 0 Å². The van der Waals surface area contributed by atoms with E-state index in [0.717, 1.165) is 22.6 Å². The molecule has 18 heavy (non-hydrogen) atoms. The van der Waals surface area contributed by atoms with E-state index in [2.05, 4.69) is 11.8 Å². The quantitative estimate of drug-likeness (QED) is 0.796. The maximum atomic E-state index is 9.02. The average Bonchev–Trinajstić information content (AvgIpc) is 2.42. The number of hydrogen-bond acceptors (Lipinski definition) is 4. The van der Waals surface area contributed by atoms with Crippen LogP contribution in [0.15, 0.2) is 18.2 Å². The predicted octanol–water partition coefficient (Wildman–Crippen LogP) is 1.65. The zero-order valence-electron chi connectivity index (χ0n) is 10.6. The first-order valence-corrected chi connectivity index (χ1v) is 6.75. The van der Waals surface area contributed by atoms with E-state index in [9.17, 15) is 0 Å². The van der Waals surface area contributed by atoms with Crippen LogP contribution in [0.1, 0.15) is 18.1 Å². The summed E-state index contributed by atoms with van der Waals surface area (Å²) in [4.78, 5) is 0. The van der Waals surface area contributed by atoms with Gasteiger partial charge in [-0.3, -0.25) is 0 Å². The molecule has 1 unspecified atom stereocenters. The molecule has 2 N–H and O–H groups in total. The summed E-state index contributed by atoms with van der Waals surface area (Å²) in [6.45, 7) is 1.99. The van der Waals surface area contributed by atoms with Crippen LogP contribution in [-0.4, -0.2) is 35.8 Å². The molecule has 1 atom stereocenters. The van der Waals surface area contributed by atoms with Crippen LogP contribution in [0.2, 0.25) is 0 Å². The van der Waals surface area contributed by atoms with Crippen LogP contribution in [0.4, 0.5) is 0 Å². The minimum absolute atomic E-state index is 0.147. The fourth-order valence-corrected chi connectivity index (χ4v) is 2.17. The summed E-state index contributed by atoms with van der Waals surface area (Å²) in [6.07, 6.45) is 0. The molecule has 0 aliphatic carbocycles. The zero-order valence-corrected chi connectivity index (χ0v) is 11.5. The summed E-state index contributed by atoms with van der Waals surface area (Å²) < 4.78 is 5.19. The monoisotopic (exact) mass is 266 g/mol. The smallest absolute Gasteiger partial charge is 0.119 e. The summed E-state index contributed by atoms with van der Waals surface area (Å²) in [5.74, 6) is 7.12. The van der Waals surface area contributed by atoms with Gasteiger partial charge in [0.25, 0.3) is 0 Å². The number of thioether (sulfide) groups is 1. The molecule has 4 heteroatoms. The Kier molecular flexibility index (Phi) is 6.66. The lowest BCUT2D eigenvalue weighted by molar-refractivity contribution is 0.300. The fourth-order valence-electron chi connectivity index (χ4n) is 1.36. The summed E-state index contributed by atoms with van der Waals surface area (Å²) in [6, 6.07) is 5.69. The van der Waals surface area contributed by atoms with E-state index in [4.69, 9.17) is 14.9 Å². The van der Waals surface area contributed by atoms with Crippen molar-refractivity contribution in [3.05, 3.63) is 29.3 Å². The van der Waals surface area contributed by atoms with E-state index >= 15 is 0 Å². The van der Waals surface area contributed by atoms with E-state index in [0.29, 0.717) is 0 Å². The third-order valence-corrected chi connectivity index (χ3v) is 3.59. The lowest BCUT2D eigenvalue weighted by Gasteiger charge is -2.10. The van der Waals surface area contributed by atoms with Crippen LogP contribution >= 0.6 is 11.8 Å². The predicted molar refractivity (Wildman–Crippen MR) is 74.8 cm³/mol. The Morgan fingerprint density at radius 1 is 1.39 bits per heavy atom. The molecular weight excluding hydrogens is 248 g/mol. The minimum Gasteiger partial charge on any atom is -0.497 e. The van der Waals surface area contributed by atoms with Crippen molar-refractivity contribution in [1.82, 2.24) is 0 Å². The number of aliphatic hydroxyl groups excluding tert-OH is 2. The fraction of sp³-hybridized carbons (Fsp3) is 0.429. The van der Waals surface area contributed by atoms with Crippen molar-refractivity contribution < 1.29 is 14.9 Å². The van der Waals surface area contributed by atoms with Gasteiger partial charge < -0.3 is 14.9 Å². The molecule has 0 amide bonds. The summed E-state index contributed by atoms with van der Waals surface area (Å²) in [5.41, 5.74) is 1.95. The van der Waals surface area contributed by atoms with E-state index < -0.39 is 0 Å². The van der Waals surface area contributed by atoms with Gasteiger partial charge in [-0.25, -0.2) is 0 Å². The van der Waals surface area contributed by atoms with Crippen molar-refractivity contribution >= 4 is 11.8 Å². The van der Waals surface area contributed by atoms with Crippen LogP contribution in [0.25, 0.3) is 0 Å². The van der Waals surface area contributed by atoms with Crippen LogP contribution in [-0.2, 0) is 5.75 Å². The highest BCUT2D eigenvalue weighted by atomic mass is 32.2. The highest BCUT2D eigenvalue weighted by Gasteiger charge is 2.06. The maximum absolute atomic E-state index is 9.02. The topological polar surface area (TPSA) is 49.7 Å². The van der Waals surface area contributed by atoms with Crippen LogP contribution < -0.4 is 4.74 Å². The number of rotatable bonds is 5. The summed E-state index contributed by atoms with van der Waals surface area (Å²) >= 11 is 1.66. The maximum Gasteiger partial charge on any atom is 0.119 e. The normalized spacial score (nSPS) is 11.6. The van der Waals surface area contributed by atoms with Crippen LogP contribution in [0.5, 0.6) is 5.75 Å². The second-order valence-electron chi connectivity index (χ2n) is 3.79. The molecule has 1 aromatic carbocycles. The van der Waals surface area contributed by atoms with Gasteiger partial charge >= 0.3 is 0 Å². The third-order valence-electron chi connectivity index (χ3n) is 2.39. The van der Waals surface area contributed by atoms with Crippen LogP contribution in [0, 0.1) is 11.8 Å². The first-order valence-electron chi connectivity index (χ1n) is 5.70. The van der Waals surface area contributed by atoms with E-state index in [1.807, 2.05) is 25.1 Å². The number of benzene rings is 1. The average molecular weight is 266 g/mol. The van der Waals surface area contributed by atoms with Gasteiger partial charge in [-0.2, -0.15) is 11.8 Å². The van der Waals surface area contributed by atoms with Crippen LogP contribution in [0.3, 0.4) is 0 Å². The molecule has 0 fully saturated rings. The Morgan fingerprint density at radius 2 is 2.17 bits per heavy atom. The highest BCUT2D eigenvalue weighted by Crippen LogP contribution is 2.23. The van der Waals surface area contributed by atoms with Gasteiger partial charge in [-0.05, 0) is 23.8 Å². The van der Waals surface area contributed by atoms with Gasteiger partial charge in [-0.1, -0.05) is 18.8 Å². The van der Waals surface area contributed by atoms with Gasteiger partial charge in [0.1, 0.15) is 12.4 Å². The standard InChI is InChI=1S/C14H18O3S/c1-11(9-16)18-10-13-8-14(17-2)6-5-12(13)4-3-7-15/h5-6,8,11,15-16H,7,9-10H2,1-2H3. The number of aliphatic hydroxyl groups is 2. The van der Waals surface area contributed by atoms with Gasteiger partial charge in [0.05, 0.1) is 13.7 Å². The summed E-state index contributed by atoms with van der Waals surface area (Å²) in [7, 11) is 1.63. The second-order valence-corrected chi connectivity index (χ2v) is 5.21. The third kappa shape index (κ3) is 4.61. The minimum atomic E-state index is -0.147. The molecule has 0 saturated heterocycles. The number of methoxy groups -OCH3 is 1. The highest BCUT2D eigenvalue weighted by molar-refractivity contribution is 7.99.